The van der Waals surface area contributed by atoms with Gasteiger partial charge in [0.15, 0.2) is 0 Å². The van der Waals surface area contributed by atoms with E-state index in [1.165, 1.54) is 76.4 Å². The molecule has 1 heterocycles. The van der Waals surface area contributed by atoms with E-state index in [0.29, 0.717) is 0 Å². The van der Waals surface area contributed by atoms with Crippen molar-refractivity contribution in [1.29, 1.82) is 0 Å². The zero-order valence-electron chi connectivity index (χ0n) is 37.3. The maximum atomic E-state index is 2.53. The van der Waals surface area contributed by atoms with Crippen LogP contribution in [0.3, 0.4) is 0 Å². The van der Waals surface area contributed by atoms with Crippen molar-refractivity contribution in [2.75, 3.05) is 4.90 Å². The molecule has 318 valence electrons. The molecule has 0 N–H and O–H groups in total. The summed E-state index contributed by atoms with van der Waals surface area (Å²) in [5.74, 6) is 0. The lowest BCUT2D eigenvalue weighted by molar-refractivity contribution is 1.18. The fourth-order valence-corrected chi connectivity index (χ4v) is 10.8. The summed E-state index contributed by atoms with van der Waals surface area (Å²) in [6.45, 7) is 0. The van der Waals surface area contributed by atoms with Crippen LogP contribution in [0.1, 0.15) is 0 Å². The average molecular weight is 865 g/mol. The van der Waals surface area contributed by atoms with Crippen molar-refractivity contribution in [2.45, 2.75) is 0 Å². The van der Waals surface area contributed by atoms with Gasteiger partial charge in [0.25, 0.3) is 0 Å². The van der Waals surface area contributed by atoms with Crippen LogP contribution in [0.2, 0.25) is 0 Å². The molecule has 2 heteroatoms. The highest BCUT2D eigenvalue weighted by Crippen LogP contribution is 2.50. The van der Waals surface area contributed by atoms with Crippen molar-refractivity contribution in [1.82, 2.24) is 4.57 Å². The minimum absolute atomic E-state index is 1.09. The molecular formula is C66H44N2. The topological polar surface area (TPSA) is 8.17 Å². The van der Waals surface area contributed by atoms with E-state index in [0.717, 1.165) is 45.0 Å². The van der Waals surface area contributed by atoms with Gasteiger partial charge in [-0.15, -0.1) is 0 Å². The molecule has 2 nitrogen and oxygen atoms in total. The SMILES string of the molecule is c1ccc(-c2cccc3cccc(-c4ccccc4N(c4ccccc4-c4ccc5c(c4)c4ccccc4n5-c4ccccc4)c4ccccc4-c4cccc5c4ccc4ccccc45)c23)cc1. The molecule has 0 spiro atoms. The molecule has 12 aromatic carbocycles. The van der Waals surface area contributed by atoms with Gasteiger partial charge in [0, 0.05) is 33.2 Å². The summed E-state index contributed by atoms with van der Waals surface area (Å²) in [5.41, 5.74) is 16.2. The molecule has 0 aliphatic rings. The minimum atomic E-state index is 1.09. The summed E-state index contributed by atoms with van der Waals surface area (Å²) in [4.78, 5) is 2.53. The molecule has 0 unspecified atom stereocenters. The Balaban J connectivity index is 1.09. The summed E-state index contributed by atoms with van der Waals surface area (Å²) >= 11 is 0. The van der Waals surface area contributed by atoms with E-state index in [1.54, 1.807) is 0 Å². The first kappa shape index (κ1) is 39.4. The first-order chi connectivity index (χ1) is 33.8. The maximum Gasteiger partial charge on any atom is 0.0541 e. The van der Waals surface area contributed by atoms with Gasteiger partial charge in [0.05, 0.1) is 28.1 Å². The minimum Gasteiger partial charge on any atom is -0.309 e. The van der Waals surface area contributed by atoms with Crippen LogP contribution in [0.5, 0.6) is 0 Å². The molecule has 0 bridgehead atoms. The summed E-state index contributed by atoms with van der Waals surface area (Å²) in [7, 11) is 0. The van der Waals surface area contributed by atoms with Crippen molar-refractivity contribution in [3.8, 4) is 50.2 Å². The first-order valence-corrected chi connectivity index (χ1v) is 23.4. The summed E-state index contributed by atoms with van der Waals surface area (Å²) in [5, 5.41) is 9.85. The van der Waals surface area contributed by atoms with E-state index in [4.69, 9.17) is 0 Å². The van der Waals surface area contributed by atoms with Crippen molar-refractivity contribution in [3.05, 3.63) is 267 Å². The number of fused-ring (bicyclic) bond motifs is 7. The Labute approximate surface area is 395 Å². The Morgan fingerprint density at radius 3 is 1.53 bits per heavy atom. The third-order valence-electron chi connectivity index (χ3n) is 13.8. The fraction of sp³-hybridized carbons (Fsp3) is 0. The molecule has 0 radical (unpaired) electrons. The fourth-order valence-electron chi connectivity index (χ4n) is 10.8. The Morgan fingerprint density at radius 2 is 0.765 bits per heavy atom. The molecule has 0 atom stereocenters. The van der Waals surface area contributed by atoms with Gasteiger partial charge in [0.2, 0.25) is 0 Å². The molecule has 13 rings (SSSR count). The molecule has 13 aromatic rings. The van der Waals surface area contributed by atoms with Gasteiger partial charge in [-0.1, -0.05) is 218 Å². The Hall–Kier alpha value is -8.98. The van der Waals surface area contributed by atoms with E-state index < -0.39 is 0 Å². The molecule has 0 amide bonds. The third-order valence-corrected chi connectivity index (χ3v) is 13.8. The first-order valence-electron chi connectivity index (χ1n) is 23.4. The van der Waals surface area contributed by atoms with Crippen molar-refractivity contribution < 1.29 is 0 Å². The Kier molecular flexibility index (Phi) is 9.54. The number of rotatable bonds is 8. The van der Waals surface area contributed by atoms with Crippen LogP contribution in [0.15, 0.2) is 267 Å². The number of anilines is 3. The highest BCUT2D eigenvalue weighted by Gasteiger charge is 2.25. The maximum absolute atomic E-state index is 2.53. The van der Waals surface area contributed by atoms with Crippen LogP contribution >= 0.6 is 0 Å². The van der Waals surface area contributed by atoms with Crippen molar-refractivity contribution >= 4 is 71.2 Å². The molecule has 1 aromatic heterocycles. The van der Waals surface area contributed by atoms with E-state index in [9.17, 15) is 0 Å². The number of para-hydroxylation sites is 5. The molecule has 68 heavy (non-hydrogen) atoms. The van der Waals surface area contributed by atoms with Gasteiger partial charge < -0.3 is 9.47 Å². The predicted octanol–water partition coefficient (Wildman–Crippen LogP) is 18.4. The van der Waals surface area contributed by atoms with Crippen LogP contribution in [0.25, 0.3) is 104 Å². The van der Waals surface area contributed by atoms with E-state index >= 15 is 0 Å². The molecule has 0 fully saturated rings. The summed E-state index contributed by atoms with van der Waals surface area (Å²) in [6.07, 6.45) is 0. The molecule has 0 aliphatic heterocycles. The zero-order chi connectivity index (χ0) is 45.0. The monoisotopic (exact) mass is 864 g/mol. The Bertz CT molecular complexity index is 4030. The number of hydrogen-bond acceptors (Lipinski definition) is 1. The standard InChI is InChI=1S/C66H44N2/c1-3-20-45(21-4-1)52-32-17-23-47-24-18-35-59(66(47)52)57-30-11-16-39-64(57)68(63-38-15-10-29-56(63)54-34-19-33-53-50-27-8-7-22-46(50)40-42-55(53)54)61-36-13-9-28-51(61)48-41-43-65-60(44-48)58-31-12-14-37-62(58)67(65)49-25-5-2-6-26-49/h1-44H. The number of benzene rings is 12. The van der Waals surface area contributed by atoms with E-state index in [1.807, 2.05) is 0 Å². The normalized spacial score (nSPS) is 11.5. The second-order valence-electron chi connectivity index (χ2n) is 17.6. The van der Waals surface area contributed by atoms with Gasteiger partial charge in [0.1, 0.15) is 0 Å². The number of aromatic nitrogens is 1. The van der Waals surface area contributed by atoms with Crippen LogP contribution in [0, 0.1) is 0 Å². The quantitative estimate of drug-likeness (QED) is 0.138. The van der Waals surface area contributed by atoms with E-state index in [2.05, 4.69) is 276 Å². The number of hydrogen-bond donors (Lipinski definition) is 0. The van der Waals surface area contributed by atoms with Gasteiger partial charge in [-0.2, -0.15) is 0 Å². The van der Waals surface area contributed by atoms with E-state index in [-0.39, 0.29) is 0 Å². The molecule has 0 aliphatic carbocycles. The molecular weight excluding hydrogens is 821 g/mol. The molecule has 0 saturated heterocycles. The third kappa shape index (κ3) is 6.49. The van der Waals surface area contributed by atoms with Gasteiger partial charge in [-0.3, -0.25) is 0 Å². The van der Waals surface area contributed by atoms with Crippen molar-refractivity contribution in [2.24, 2.45) is 0 Å². The Morgan fingerprint density at radius 1 is 0.250 bits per heavy atom. The van der Waals surface area contributed by atoms with Crippen LogP contribution in [0.4, 0.5) is 17.1 Å². The lowest BCUT2D eigenvalue weighted by Crippen LogP contribution is -2.13. The van der Waals surface area contributed by atoms with Gasteiger partial charge in [-0.05, 0) is 109 Å². The number of nitrogens with zero attached hydrogens (tertiary/aromatic N) is 2. The predicted molar refractivity (Wildman–Crippen MR) is 290 cm³/mol. The lowest BCUT2D eigenvalue weighted by atomic mass is 9.89. The highest BCUT2D eigenvalue weighted by molar-refractivity contribution is 6.15. The zero-order valence-corrected chi connectivity index (χ0v) is 37.3. The van der Waals surface area contributed by atoms with Crippen molar-refractivity contribution in [3.63, 3.8) is 0 Å². The second-order valence-corrected chi connectivity index (χ2v) is 17.6. The summed E-state index contributed by atoms with van der Waals surface area (Å²) < 4.78 is 2.39. The summed E-state index contributed by atoms with van der Waals surface area (Å²) in [6, 6.07) is 97.7. The lowest BCUT2D eigenvalue weighted by Gasteiger charge is -2.32. The van der Waals surface area contributed by atoms with Gasteiger partial charge >= 0.3 is 0 Å². The smallest absolute Gasteiger partial charge is 0.0541 e. The van der Waals surface area contributed by atoms with Crippen LogP contribution in [-0.4, -0.2) is 4.57 Å². The average Bonchev–Trinajstić information content (AvgIpc) is 3.75. The highest BCUT2D eigenvalue weighted by atomic mass is 15.1. The van der Waals surface area contributed by atoms with Gasteiger partial charge in [-0.25, -0.2) is 0 Å². The molecule has 0 saturated carbocycles. The van der Waals surface area contributed by atoms with Crippen LogP contribution in [-0.2, 0) is 0 Å². The second kappa shape index (κ2) is 16.5. The van der Waals surface area contributed by atoms with Crippen LogP contribution < -0.4 is 4.90 Å². The largest absolute Gasteiger partial charge is 0.309 e.